The number of nitrogens with zero attached hydrogens (tertiary/aromatic N) is 1. The zero-order valence-corrected chi connectivity index (χ0v) is 28.6. The Morgan fingerprint density at radius 2 is 1.47 bits per heavy atom. The number of carbonyl (C=O) groups excluding carboxylic acids is 3. The molecular formula is C33H44N3O6PS2. The van der Waals surface area contributed by atoms with Gasteiger partial charge in [0, 0.05) is 55.0 Å². The molecule has 2 aromatic rings. The van der Waals surface area contributed by atoms with Crippen LogP contribution >= 0.6 is 29.2 Å². The van der Waals surface area contributed by atoms with Crippen molar-refractivity contribution in [3.63, 3.8) is 0 Å². The van der Waals surface area contributed by atoms with Crippen molar-refractivity contribution in [3.05, 3.63) is 65.2 Å². The first kappa shape index (κ1) is 36.7. The molecule has 1 atom stereocenters. The molecule has 1 unspecified atom stereocenters. The maximum Gasteiger partial charge on any atom is 0.330 e. The minimum atomic E-state index is -3.49. The first-order chi connectivity index (χ1) is 21.7. The van der Waals surface area contributed by atoms with Crippen molar-refractivity contribution in [2.45, 2.75) is 71.0 Å². The summed E-state index contributed by atoms with van der Waals surface area (Å²) in [5.74, 6) is 7.52. The molecular weight excluding hydrogens is 629 g/mol. The van der Waals surface area contributed by atoms with Gasteiger partial charge in [-0.15, -0.1) is 0 Å². The van der Waals surface area contributed by atoms with Gasteiger partial charge in [0.05, 0.1) is 24.5 Å². The lowest BCUT2D eigenvalue weighted by molar-refractivity contribution is -0.122. The van der Waals surface area contributed by atoms with Crippen LogP contribution in [0.1, 0.15) is 75.5 Å². The summed E-state index contributed by atoms with van der Waals surface area (Å²) in [6.45, 7) is 4.90. The fourth-order valence-corrected chi connectivity index (χ4v) is 7.04. The monoisotopic (exact) mass is 673 g/mol. The standard InChI is InChI=1S/C33H44N3O6PS2/c1-26(2)43(40,41)42-22-10-4-3-9-20-34-31(37)18-23-44-45-24-19-32(38)35-21-17-33(39)36-25-29-13-6-5-11-27(29)15-16-28-12-7-8-14-30(28)36/h5-8,11-14,26H,3-4,9-10,17-25H2,1-2H3,(H,34,37)(H,35,38)(H,40,41). The highest BCUT2D eigenvalue weighted by molar-refractivity contribution is 8.76. The number of rotatable bonds is 19. The average Bonchev–Trinajstić information content (AvgIpc) is 3.01. The topological polar surface area (TPSA) is 125 Å². The molecule has 0 radical (unpaired) electrons. The molecule has 2 aromatic carbocycles. The Morgan fingerprint density at radius 3 is 2.18 bits per heavy atom. The smallest absolute Gasteiger partial charge is 0.330 e. The van der Waals surface area contributed by atoms with E-state index in [1.54, 1.807) is 40.3 Å². The average molecular weight is 674 g/mol. The Bertz CT molecular complexity index is 1390. The summed E-state index contributed by atoms with van der Waals surface area (Å²) in [6, 6.07) is 15.5. The van der Waals surface area contributed by atoms with E-state index in [1.807, 2.05) is 48.5 Å². The summed E-state index contributed by atoms with van der Waals surface area (Å²) in [7, 11) is -0.366. The maximum atomic E-state index is 13.3. The van der Waals surface area contributed by atoms with Gasteiger partial charge in [-0.2, -0.15) is 0 Å². The fourth-order valence-electron chi connectivity index (χ4n) is 4.37. The van der Waals surface area contributed by atoms with Gasteiger partial charge in [-0.05, 0) is 36.6 Å². The Morgan fingerprint density at radius 1 is 0.867 bits per heavy atom. The highest BCUT2D eigenvalue weighted by atomic mass is 33.1. The van der Waals surface area contributed by atoms with Crippen molar-refractivity contribution in [1.82, 2.24) is 10.6 Å². The quantitative estimate of drug-likeness (QED) is 0.0731. The molecule has 0 aliphatic carbocycles. The molecule has 0 saturated heterocycles. The molecule has 3 rings (SSSR count). The summed E-state index contributed by atoms with van der Waals surface area (Å²) in [5.41, 5.74) is 3.08. The predicted octanol–water partition coefficient (Wildman–Crippen LogP) is 5.89. The van der Waals surface area contributed by atoms with Crippen LogP contribution in [0.25, 0.3) is 0 Å². The predicted molar refractivity (Wildman–Crippen MR) is 184 cm³/mol. The van der Waals surface area contributed by atoms with E-state index in [1.165, 1.54) is 0 Å². The molecule has 0 aromatic heterocycles. The van der Waals surface area contributed by atoms with Gasteiger partial charge in [0.2, 0.25) is 17.7 Å². The molecule has 9 nitrogen and oxygen atoms in total. The lowest BCUT2D eigenvalue weighted by atomic mass is 10.0. The van der Waals surface area contributed by atoms with E-state index in [9.17, 15) is 23.8 Å². The maximum absolute atomic E-state index is 13.3. The van der Waals surface area contributed by atoms with Crippen LogP contribution in [-0.2, 0) is 30.0 Å². The van der Waals surface area contributed by atoms with Crippen molar-refractivity contribution in [2.75, 3.05) is 36.1 Å². The Balaban J connectivity index is 1.22. The second kappa shape index (κ2) is 19.7. The van der Waals surface area contributed by atoms with Gasteiger partial charge >= 0.3 is 7.60 Å². The van der Waals surface area contributed by atoms with Crippen LogP contribution in [0.15, 0.2) is 48.5 Å². The molecule has 1 aliphatic heterocycles. The number of nitrogens with one attached hydrogen (secondary N) is 2. The lowest BCUT2D eigenvalue weighted by Crippen LogP contribution is -2.35. The van der Waals surface area contributed by atoms with Crippen LogP contribution in [0, 0.1) is 11.8 Å². The van der Waals surface area contributed by atoms with E-state index in [-0.39, 0.29) is 37.3 Å². The fraction of sp³-hybridized carbons (Fsp3) is 0.485. The van der Waals surface area contributed by atoms with Crippen molar-refractivity contribution < 1.29 is 28.4 Å². The molecule has 3 amide bonds. The third-order valence-corrected chi connectivity index (χ3v) is 11.3. The van der Waals surface area contributed by atoms with E-state index in [0.29, 0.717) is 43.9 Å². The van der Waals surface area contributed by atoms with E-state index in [0.717, 1.165) is 41.6 Å². The summed E-state index contributed by atoms with van der Waals surface area (Å²) in [6.07, 6.45) is 4.30. The third kappa shape index (κ3) is 13.3. The summed E-state index contributed by atoms with van der Waals surface area (Å²) < 4.78 is 16.8. The van der Waals surface area contributed by atoms with Crippen molar-refractivity contribution >= 4 is 52.6 Å². The number of unbranched alkanes of at least 4 members (excludes halogenated alkanes) is 3. The van der Waals surface area contributed by atoms with Gasteiger partial charge in [0.15, 0.2) is 0 Å². The molecule has 1 heterocycles. The molecule has 0 saturated carbocycles. The number of anilines is 1. The minimum Gasteiger partial charge on any atom is -0.356 e. The molecule has 12 heteroatoms. The summed E-state index contributed by atoms with van der Waals surface area (Å²) in [4.78, 5) is 49.0. The third-order valence-electron chi connectivity index (χ3n) is 7.06. The first-order valence-corrected chi connectivity index (χ1v) is 19.5. The highest BCUT2D eigenvalue weighted by Crippen LogP contribution is 2.47. The van der Waals surface area contributed by atoms with Gasteiger partial charge in [0.1, 0.15) is 0 Å². The van der Waals surface area contributed by atoms with Crippen molar-refractivity contribution in [1.29, 1.82) is 0 Å². The van der Waals surface area contributed by atoms with E-state index in [2.05, 4.69) is 22.5 Å². The normalized spacial score (nSPS) is 13.4. The van der Waals surface area contributed by atoms with Crippen LogP contribution in [0.3, 0.4) is 0 Å². The Kier molecular flexibility index (Phi) is 16.1. The number of benzene rings is 2. The number of para-hydroxylation sites is 1. The molecule has 0 fully saturated rings. The minimum absolute atomic E-state index is 0.00480. The first-order valence-electron chi connectivity index (χ1n) is 15.4. The Hall–Kier alpha value is -2.74. The van der Waals surface area contributed by atoms with E-state index >= 15 is 0 Å². The molecule has 45 heavy (non-hydrogen) atoms. The summed E-state index contributed by atoms with van der Waals surface area (Å²) in [5, 5.41) is 5.77. The molecule has 1 aliphatic rings. The van der Waals surface area contributed by atoms with Gasteiger partial charge in [-0.1, -0.05) is 90.4 Å². The van der Waals surface area contributed by atoms with Gasteiger partial charge in [0.25, 0.3) is 0 Å². The van der Waals surface area contributed by atoms with Crippen LogP contribution in [0.2, 0.25) is 0 Å². The van der Waals surface area contributed by atoms with Crippen LogP contribution in [0.5, 0.6) is 0 Å². The van der Waals surface area contributed by atoms with Gasteiger partial charge in [-0.25, -0.2) is 0 Å². The largest absolute Gasteiger partial charge is 0.356 e. The zero-order valence-electron chi connectivity index (χ0n) is 26.1. The number of carbonyl (C=O) groups is 3. The van der Waals surface area contributed by atoms with Crippen LogP contribution in [-0.4, -0.2) is 59.5 Å². The number of hydrogen-bond donors (Lipinski definition) is 3. The van der Waals surface area contributed by atoms with Gasteiger partial charge < -0.3 is 25.0 Å². The van der Waals surface area contributed by atoms with Crippen molar-refractivity contribution in [3.8, 4) is 11.8 Å². The number of amides is 3. The van der Waals surface area contributed by atoms with E-state index < -0.39 is 13.3 Å². The number of hydrogen-bond acceptors (Lipinski definition) is 7. The molecule has 0 bridgehead atoms. The molecule has 244 valence electrons. The second-order valence-electron chi connectivity index (χ2n) is 10.9. The second-order valence-corrected chi connectivity index (χ2v) is 16.0. The highest BCUT2D eigenvalue weighted by Gasteiger charge is 2.24. The molecule has 3 N–H and O–H groups in total. The van der Waals surface area contributed by atoms with Crippen molar-refractivity contribution in [2.24, 2.45) is 0 Å². The summed E-state index contributed by atoms with van der Waals surface area (Å²) >= 11 is 0. The van der Waals surface area contributed by atoms with Crippen LogP contribution in [0.4, 0.5) is 5.69 Å². The molecule has 0 spiro atoms. The lowest BCUT2D eigenvalue weighted by Gasteiger charge is -2.26. The van der Waals surface area contributed by atoms with Gasteiger partial charge in [-0.3, -0.25) is 18.9 Å². The zero-order chi connectivity index (χ0) is 32.5. The van der Waals surface area contributed by atoms with E-state index in [4.69, 9.17) is 4.52 Å². The SMILES string of the molecule is CC(C)P(=O)(O)OCCCCCCNC(=O)CCSSCCC(=O)NCCC(=O)N1Cc2ccccc2C#Cc2ccccc21. The van der Waals surface area contributed by atoms with Crippen LogP contribution < -0.4 is 15.5 Å². The number of fused-ring (bicyclic) bond motifs is 2. The Labute approximate surface area is 275 Å².